The zero-order valence-corrected chi connectivity index (χ0v) is 17.4. The largest absolute Gasteiger partial charge is 0.369 e. The molecule has 2 saturated heterocycles. The summed E-state index contributed by atoms with van der Waals surface area (Å²) in [6, 6.07) is 19.2. The van der Waals surface area contributed by atoms with E-state index in [4.69, 9.17) is 0 Å². The first-order valence-electron chi connectivity index (χ1n) is 10.1. The second-order valence-electron chi connectivity index (χ2n) is 8.18. The van der Waals surface area contributed by atoms with Crippen molar-refractivity contribution in [1.29, 1.82) is 0 Å². The van der Waals surface area contributed by atoms with E-state index < -0.39 is 0 Å². The second-order valence-corrected chi connectivity index (χ2v) is 9.94. The summed E-state index contributed by atoms with van der Waals surface area (Å²) in [6.45, 7) is 5.01. The van der Waals surface area contributed by atoms with Gasteiger partial charge in [0.15, 0.2) is 0 Å². The Hall–Kier alpha value is -1.07. The van der Waals surface area contributed by atoms with Gasteiger partial charge in [0.05, 0.1) is 0 Å². The van der Waals surface area contributed by atoms with Crippen LogP contribution in [0.1, 0.15) is 35.4 Å². The van der Waals surface area contributed by atoms with Crippen molar-refractivity contribution in [3.63, 3.8) is 0 Å². The van der Waals surface area contributed by atoms with Crippen LogP contribution in [0.25, 0.3) is 0 Å². The number of anilines is 1. The van der Waals surface area contributed by atoms with Gasteiger partial charge in [0.2, 0.25) is 0 Å². The van der Waals surface area contributed by atoms with Gasteiger partial charge in [0.25, 0.3) is 0 Å². The summed E-state index contributed by atoms with van der Waals surface area (Å²) in [7, 11) is 0. The molecule has 0 radical (unpaired) electrons. The van der Waals surface area contributed by atoms with Gasteiger partial charge in [-0.3, -0.25) is 4.90 Å². The van der Waals surface area contributed by atoms with E-state index in [-0.39, 0.29) is 0 Å². The van der Waals surface area contributed by atoms with E-state index in [1.165, 1.54) is 63.1 Å². The third-order valence-corrected chi connectivity index (χ3v) is 7.35. The highest BCUT2D eigenvalue weighted by molar-refractivity contribution is 14.1. The molecule has 2 aromatic rings. The van der Waals surface area contributed by atoms with Gasteiger partial charge in [-0.25, -0.2) is 0 Å². The van der Waals surface area contributed by atoms with Crippen molar-refractivity contribution >= 4 is 28.3 Å². The Morgan fingerprint density at radius 1 is 1.00 bits per heavy atom. The van der Waals surface area contributed by atoms with Crippen LogP contribution in [0.5, 0.6) is 0 Å². The molecule has 2 fully saturated rings. The van der Waals surface area contributed by atoms with E-state index in [0.29, 0.717) is 5.92 Å². The summed E-state index contributed by atoms with van der Waals surface area (Å²) >= 11 is 2.57. The SMILES string of the molecule is IC1CN(c2ccc3c(c2)[C@@H](Cc2ccccc2)[C@@H](N2CCC2)CC3)C1. The molecule has 3 aliphatic rings. The molecule has 0 spiro atoms. The molecule has 5 rings (SSSR count). The smallest absolute Gasteiger partial charge is 0.0460 e. The Bertz CT molecular complexity index is 765. The van der Waals surface area contributed by atoms with Gasteiger partial charge in [-0.2, -0.15) is 0 Å². The van der Waals surface area contributed by atoms with E-state index in [2.05, 4.69) is 80.9 Å². The number of benzene rings is 2. The van der Waals surface area contributed by atoms with Gasteiger partial charge in [-0.15, -0.1) is 0 Å². The lowest BCUT2D eigenvalue weighted by Crippen LogP contribution is -2.50. The zero-order valence-electron chi connectivity index (χ0n) is 15.3. The molecule has 0 unspecified atom stereocenters. The van der Waals surface area contributed by atoms with Gasteiger partial charge in [0.1, 0.15) is 0 Å². The number of hydrogen-bond donors (Lipinski definition) is 0. The Labute approximate surface area is 170 Å². The molecule has 2 aliphatic heterocycles. The lowest BCUT2D eigenvalue weighted by Gasteiger charge is -2.46. The third kappa shape index (κ3) is 3.18. The first-order chi connectivity index (χ1) is 12.8. The summed E-state index contributed by atoms with van der Waals surface area (Å²) in [5.74, 6) is 0.637. The molecule has 1 aliphatic carbocycles. The predicted molar refractivity (Wildman–Crippen MR) is 118 cm³/mol. The van der Waals surface area contributed by atoms with Crippen LogP contribution >= 0.6 is 22.6 Å². The van der Waals surface area contributed by atoms with Crippen LogP contribution in [0.4, 0.5) is 5.69 Å². The number of hydrogen-bond acceptors (Lipinski definition) is 2. The van der Waals surface area contributed by atoms with Gasteiger partial charge < -0.3 is 4.90 Å². The third-order valence-electron chi connectivity index (χ3n) is 6.56. The molecule has 136 valence electrons. The number of aryl methyl sites for hydroxylation is 1. The summed E-state index contributed by atoms with van der Waals surface area (Å²) < 4.78 is 0.817. The minimum absolute atomic E-state index is 0.637. The summed E-state index contributed by atoms with van der Waals surface area (Å²) in [5, 5.41) is 0. The van der Waals surface area contributed by atoms with E-state index in [9.17, 15) is 0 Å². The number of fused-ring (bicyclic) bond motifs is 1. The Balaban J connectivity index is 1.48. The van der Waals surface area contributed by atoms with E-state index in [1.54, 1.807) is 11.1 Å². The monoisotopic (exact) mass is 458 g/mol. The predicted octanol–water partition coefficient (Wildman–Crippen LogP) is 4.66. The van der Waals surface area contributed by atoms with Crippen LogP contribution in [-0.2, 0) is 12.8 Å². The molecule has 0 N–H and O–H groups in total. The maximum absolute atomic E-state index is 2.74. The fourth-order valence-corrected chi connectivity index (χ4v) is 5.87. The van der Waals surface area contributed by atoms with E-state index >= 15 is 0 Å². The molecule has 26 heavy (non-hydrogen) atoms. The van der Waals surface area contributed by atoms with Gasteiger partial charge in [0, 0.05) is 34.7 Å². The lowest BCUT2D eigenvalue weighted by molar-refractivity contribution is 0.0877. The van der Waals surface area contributed by atoms with Crippen molar-refractivity contribution in [3.05, 3.63) is 65.2 Å². The highest BCUT2D eigenvalue weighted by atomic mass is 127. The number of halogens is 1. The summed E-state index contributed by atoms with van der Waals surface area (Å²) in [6.07, 6.45) is 5.13. The fraction of sp³-hybridized carbons (Fsp3) is 0.478. The first kappa shape index (κ1) is 17.1. The van der Waals surface area contributed by atoms with Gasteiger partial charge in [-0.05, 0) is 67.6 Å². The fourth-order valence-electron chi connectivity index (χ4n) is 4.92. The van der Waals surface area contributed by atoms with E-state index in [0.717, 1.165) is 9.97 Å². The lowest BCUT2D eigenvalue weighted by atomic mass is 9.74. The standard InChI is InChI=1S/C23H27IN2/c24-19-15-26(16-19)20-9-7-18-8-10-23(25-11-4-12-25)22(21(18)14-20)13-17-5-2-1-3-6-17/h1-3,5-7,9,14,19,22-23H,4,8,10-13,15-16H2/t22-,23+/m1/s1. The second kappa shape index (κ2) is 7.16. The minimum Gasteiger partial charge on any atom is -0.369 e. The Morgan fingerprint density at radius 2 is 1.81 bits per heavy atom. The molecular formula is C23H27IN2. The van der Waals surface area contributed by atoms with Crippen molar-refractivity contribution in [1.82, 2.24) is 4.90 Å². The molecule has 0 amide bonds. The van der Waals surface area contributed by atoms with E-state index in [1.807, 2.05) is 0 Å². The summed E-state index contributed by atoms with van der Waals surface area (Å²) in [5.41, 5.74) is 6.15. The normalized spacial score (nSPS) is 26.1. The topological polar surface area (TPSA) is 6.48 Å². The zero-order chi connectivity index (χ0) is 17.5. The van der Waals surface area contributed by atoms with Gasteiger partial charge in [-0.1, -0.05) is 59.0 Å². The highest BCUT2D eigenvalue weighted by Gasteiger charge is 2.36. The molecule has 2 heterocycles. The molecule has 2 nitrogen and oxygen atoms in total. The number of likely N-dealkylation sites (tertiary alicyclic amines) is 1. The highest BCUT2D eigenvalue weighted by Crippen LogP contribution is 2.41. The number of rotatable bonds is 4. The van der Waals surface area contributed by atoms with Crippen molar-refractivity contribution in [2.24, 2.45) is 0 Å². The number of alkyl halides is 1. The van der Waals surface area contributed by atoms with Crippen LogP contribution in [-0.4, -0.2) is 41.0 Å². The minimum atomic E-state index is 0.637. The average molecular weight is 458 g/mol. The molecule has 2 aromatic carbocycles. The first-order valence-corrected chi connectivity index (χ1v) is 11.3. The maximum atomic E-state index is 2.74. The molecule has 2 atom stereocenters. The van der Waals surface area contributed by atoms with Crippen LogP contribution in [0.2, 0.25) is 0 Å². The molecule has 0 bridgehead atoms. The van der Waals surface area contributed by atoms with Crippen molar-refractivity contribution in [2.75, 3.05) is 31.1 Å². The van der Waals surface area contributed by atoms with Crippen LogP contribution in [0.15, 0.2) is 48.5 Å². The van der Waals surface area contributed by atoms with Crippen molar-refractivity contribution in [2.45, 2.75) is 41.6 Å². The maximum Gasteiger partial charge on any atom is 0.0460 e. The van der Waals surface area contributed by atoms with Crippen LogP contribution in [0.3, 0.4) is 0 Å². The van der Waals surface area contributed by atoms with Gasteiger partial charge >= 0.3 is 0 Å². The molecular weight excluding hydrogens is 431 g/mol. The Kier molecular flexibility index (Phi) is 4.70. The molecule has 0 saturated carbocycles. The van der Waals surface area contributed by atoms with Crippen LogP contribution in [0, 0.1) is 0 Å². The molecule has 3 heteroatoms. The number of nitrogens with zero attached hydrogens (tertiary/aromatic N) is 2. The quantitative estimate of drug-likeness (QED) is 0.486. The van der Waals surface area contributed by atoms with Crippen molar-refractivity contribution < 1.29 is 0 Å². The Morgan fingerprint density at radius 3 is 2.50 bits per heavy atom. The van der Waals surface area contributed by atoms with Crippen LogP contribution < -0.4 is 4.90 Å². The summed E-state index contributed by atoms with van der Waals surface area (Å²) in [4.78, 5) is 5.29. The van der Waals surface area contributed by atoms with Crippen molar-refractivity contribution in [3.8, 4) is 0 Å². The average Bonchev–Trinajstić information content (AvgIpc) is 2.60. The molecule has 0 aromatic heterocycles.